The van der Waals surface area contributed by atoms with Crippen molar-refractivity contribution < 1.29 is 9.59 Å². The molecule has 2 fully saturated rings. The highest BCUT2D eigenvalue weighted by molar-refractivity contribution is 7.99. The molecule has 2 atom stereocenters. The van der Waals surface area contributed by atoms with E-state index in [2.05, 4.69) is 0 Å². The van der Waals surface area contributed by atoms with Gasteiger partial charge in [-0.05, 0) is 42.3 Å². The number of thioether (sulfide) groups is 1. The summed E-state index contributed by atoms with van der Waals surface area (Å²) in [4.78, 5) is 28.7. The van der Waals surface area contributed by atoms with E-state index in [-0.39, 0.29) is 17.3 Å². The molecule has 2 heterocycles. The lowest BCUT2D eigenvalue weighted by Gasteiger charge is -2.23. The standard InChI is InChI=1S/C18H15ClN2O2S/c1-11-3-2-4-14(9-11)20-16(22)15-10-24-17(21(15)18(20)23)12-5-7-13(19)8-6-12/h2-9,15,17H,10H2,1H3. The molecule has 2 aliphatic heterocycles. The number of benzene rings is 2. The molecule has 2 unspecified atom stereocenters. The Hall–Kier alpha value is -1.98. The summed E-state index contributed by atoms with van der Waals surface area (Å²) >= 11 is 7.57. The smallest absolute Gasteiger partial charge is 0.295 e. The van der Waals surface area contributed by atoms with Crippen molar-refractivity contribution in [2.75, 3.05) is 10.7 Å². The SMILES string of the molecule is Cc1cccc(N2C(=O)C3CSC(c4ccc(Cl)cc4)N3C2=O)c1. The molecule has 0 radical (unpaired) electrons. The van der Waals surface area contributed by atoms with Crippen LogP contribution in [-0.4, -0.2) is 28.6 Å². The topological polar surface area (TPSA) is 40.6 Å². The second kappa shape index (κ2) is 5.83. The van der Waals surface area contributed by atoms with Crippen LogP contribution in [0.4, 0.5) is 10.5 Å². The molecule has 6 heteroatoms. The summed E-state index contributed by atoms with van der Waals surface area (Å²) in [5.74, 6) is 0.467. The molecule has 122 valence electrons. The Labute approximate surface area is 149 Å². The van der Waals surface area contributed by atoms with Crippen LogP contribution >= 0.6 is 23.4 Å². The van der Waals surface area contributed by atoms with Gasteiger partial charge in [-0.3, -0.25) is 9.69 Å². The zero-order valence-electron chi connectivity index (χ0n) is 13.0. The van der Waals surface area contributed by atoms with Crippen LogP contribution in [0.15, 0.2) is 48.5 Å². The van der Waals surface area contributed by atoms with E-state index in [1.165, 1.54) is 4.90 Å². The number of hydrogen-bond donors (Lipinski definition) is 0. The number of urea groups is 1. The van der Waals surface area contributed by atoms with Crippen LogP contribution in [0.2, 0.25) is 5.02 Å². The average Bonchev–Trinajstić information content (AvgIpc) is 3.09. The van der Waals surface area contributed by atoms with E-state index in [0.29, 0.717) is 16.5 Å². The normalized spacial score (nSPS) is 23.1. The van der Waals surface area contributed by atoms with Gasteiger partial charge in [0.1, 0.15) is 11.4 Å². The molecule has 2 saturated heterocycles. The number of rotatable bonds is 2. The van der Waals surface area contributed by atoms with Gasteiger partial charge in [0.25, 0.3) is 5.91 Å². The predicted octanol–water partition coefficient (Wildman–Crippen LogP) is 4.23. The summed E-state index contributed by atoms with van der Waals surface area (Å²) in [5, 5.41) is 0.502. The molecule has 0 aromatic heterocycles. The molecule has 4 nitrogen and oxygen atoms in total. The van der Waals surface area contributed by atoms with Crippen LogP contribution in [0.1, 0.15) is 16.5 Å². The number of aryl methyl sites for hydroxylation is 1. The van der Waals surface area contributed by atoms with Crippen molar-refractivity contribution in [2.24, 2.45) is 0 Å². The molecular weight excluding hydrogens is 344 g/mol. The molecule has 0 spiro atoms. The fourth-order valence-electron chi connectivity index (χ4n) is 3.18. The first kappa shape index (κ1) is 15.5. The van der Waals surface area contributed by atoms with Gasteiger partial charge in [0, 0.05) is 10.8 Å². The Morgan fingerprint density at radius 3 is 2.58 bits per heavy atom. The van der Waals surface area contributed by atoms with Crippen LogP contribution < -0.4 is 4.90 Å². The van der Waals surface area contributed by atoms with Gasteiger partial charge in [0.2, 0.25) is 0 Å². The second-order valence-corrected chi connectivity index (χ2v) is 7.51. The van der Waals surface area contributed by atoms with Crippen molar-refractivity contribution in [3.05, 3.63) is 64.7 Å². The summed E-state index contributed by atoms with van der Waals surface area (Å²) < 4.78 is 0. The summed E-state index contributed by atoms with van der Waals surface area (Å²) in [7, 11) is 0. The number of halogens is 1. The maximum atomic E-state index is 13.0. The number of hydrogen-bond acceptors (Lipinski definition) is 3. The van der Waals surface area contributed by atoms with Crippen molar-refractivity contribution in [1.82, 2.24) is 4.90 Å². The quantitative estimate of drug-likeness (QED) is 0.754. The van der Waals surface area contributed by atoms with Gasteiger partial charge in [0.15, 0.2) is 0 Å². The third-order valence-electron chi connectivity index (χ3n) is 4.33. The van der Waals surface area contributed by atoms with Crippen molar-refractivity contribution in [2.45, 2.75) is 18.3 Å². The number of carbonyl (C=O) groups excluding carboxylic acids is 2. The molecule has 0 N–H and O–H groups in total. The third-order valence-corrected chi connectivity index (χ3v) is 5.91. The third kappa shape index (κ3) is 2.39. The molecule has 2 aliphatic rings. The van der Waals surface area contributed by atoms with E-state index in [9.17, 15) is 9.59 Å². The van der Waals surface area contributed by atoms with Crippen LogP contribution in [-0.2, 0) is 4.79 Å². The predicted molar refractivity (Wildman–Crippen MR) is 96.3 cm³/mol. The van der Waals surface area contributed by atoms with Gasteiger partial charge in [-0.2, -0.15) is 0 Å². The molecule has 0 aliphatic carbocycles. The molecule has 0 bridgehead atoms. The van der Waals surface area contributed by atoms with E-state index < -0.39 is 6.04 Å². The zero-order valence-corrected chi connectivity index (χ0v) is 14.6. The van der Waals surface area contributed by atoms with Crippen molar-refractivity contribution in [1.29, 1.82) is 0 Å². The van der Waals surface area contributed by atoms with Crippen LogP contribution in [0.3, 0.4) is 0 Å². The average molecular weight is 359 g/mol. The Morgan fingerprint density at radius 2 is 1.88 bits per heavy atom. The molecule has 0 saturated carbocycles. The minimum Gasteiger partial charge on any atom is -0.295 e. The van der Waals surface area contributed by atoms with Crippen molar-refractivity contribution in [3.63, 3.8) is 0 Å². The largest absolute Gasteiger partial charge is 0.333 e. The van der Waals surface area contributed by atoms with Gasteiger partial charge < -0.3 is 0 Å². The van der Waals surface area contributed by atoms with E-state index in [1.54, 1.807) is 22.7 Å². The highest BCUT2D eigenvalue weighted by Crippen LogP contribution is 2.46. The first-order chi connectivity index (χ1) is 11.6. The summed E-state index contributed by atoms with van der Waals surface area (Å²) in [6.45, 7) is 1.95. The summed E-state index contributed by atoms with van der Waals surface area (Å²) in [6, 6.07) is 14.3. The van der Waals surface area contributed by atoms with E-state index in [4.69, 9.17) is 11.6 Å². The number of carbonyl (C=O) groups is 2. The van der Waals surface area contributed by atoms with Crippen molar-refractivity contribution in [3.8, 4) is 0 Å². The summed E-state index contributed by atoms with van der Waals surface area (Å²) in [5.41, 5.74) is 2.64. The van der Waals surface area contributed by atoms with Gasteiger partial charge >= 0.3 is 6.03 Å². The van der Waals surface area contributed by atoms with E-state index in [1.807, 2.05) is 49.4 Å². The van der Waals surface area contributed by atoms with Crippen molar-refractivity contribution >= 4 is 41.0 Å². The number of fused-ring (bicyclic) bond motifs is 1. The number of amides is 3. The zero-order chi connectivity index (χ0) is 16.8. The molecular formula is C18H15ClN2O2S. The number of anilines is 1. The van der Waals surface area contributed by atoms with Gasteiger partial charge in [-0.25, -0.2) is 9.69 Å². The first-order valence-electron chi connectivity index (χ1n) is 7.66. The van der Waals surface area contributed by atoms with Gasteiger partial charge in [-0.15, -0.1) is 11.8 Å². The maximum Gasteiger partial charge on any atom is 0.333 e. The molecule has 24 heavy (non-hydrogen) atoms. The molecule has 3 amide bonds. The monoisotopic (exact) mass is 358 g/mol. The van der Waals surface area contributed by atoms with Gasteiger partial charge in [0.05, 0.1) is 5.69 Å². The van der Waals surface area contributed by atoms with Crippen LogP contribution in [0, 0.1) is 6.92 Å². The van der Waals surface area contributed by atoms with Gasteiger partial charge in [-0.1, -0.05) is 35.9 Å². The Morgan fingerprint density at radius 1 is 1.12 bits per heavy atom. The minimum atomic E-state index is -0.399. The molecule has 4 rings (SSSR count). The van der Waals surface area contributed by atoms with Crippen LogP contribution in [0.25, 0.3) is 0 Å². The van der Waals surface area contributed by atoms with Crippen LogP contribution in [0.5, 0.6) is 0 Å². The molecule has 2 aromatic rings. The summed E-state index contributed by atoms with van der Waals surface area (Å²) in [6.07, 6.45) is 0. The highest BCUT2D eigenvalue weighted by atomic mass is 35.5. The lowest BCUT2D eigenvalue weighted by molar-refractivity contribution is -0.119. The lowest BCUT2D eigenvalue weighted by atomic mass is 10.2. The highest BCUT2D eigenvalue weighted by Gasteiger charge is 2.53. The van der Waals surface area contributed by atoms with E-state index in [0.717, 1.165) is 11.1 Å². The Kier molecular flexibility index (Phi) is 3.77. The molecule has 2 aromatic carbocycles. The Balaban J connectivity index is 1.69. The first-order valence-corrected chi connectivity index (χ1v) is 9.09. The van der Waals surface area contributed by atoms with E-state index >= 15 is 0 Å². The number of nitrogens with zero attached hydrogens (tertiary/aromatic N) is 2. The Bertz CT molecular complexity index is 824. The minimum absolute atomic E-state index is 0.144. The fourth-order valence-corrected chi connectivity index (χ4v) is 4.72. The fraction of sp³-hybridized carbons (Fsp3) is 0.222. The second-order valence-electron chi connectivity index (χ2n) is 5.96. The lowest BCUT2D eigenvalue weighted by Crippen LogP contribution is -2.33. The maximum absolute atomic E-state index is 13.0. The number of imide groups is 1.